The van der Waals surface area contributed by atoms with Gasteiger partial charge in [0.15, 0.2) is 5.11 Å². The Kier molecular flexibility index (Phi) is 7.22. The number of carbonyl (C=O) groups is 2. The lowest BCUT2D eigenvalue weighted by Gasteiger charge is -2.29. The third-order valence-electron chi connectivity index (χ3n) is 5.86. The Bertz CT molecular complexity index is 1180. The summed E-state index contributed by atoms with van der Waals surface area (Å²) in [6, 6.07) is 16.6. The molecule has 4 rings (SSSR count). The van der Waals surface area contributed by atoms with Crippen molar-refractivity contribution in [2.24, 2.45) is 0 Å². The summed E-state index contributed by atoms with van der Waals surface area (Å²) in [6.45, 7) is 0.554. The molecular weight excluding hydrogens is 452 g/mol. The molecule has 0 spiro atoms. The summed E-state index contributed by atoms with van der Waals surface area (Å²) in [6.07, 6.45) is 4.55. The van der Waals surface area contributed by atoms with Crippen LogP contribution in [-0.4, -0.2) is 52.3 Å². The quantitative estimate of drug-likeness (QED) is 0.388. The van der Waals surface area contributed by atoms with E-state index in [2.05, 4.69) is 15.2 Å². The summed E-state index contributed by atoms with van der Waals surface area (Å²) >= 11 is 5.71. The molecule has 2 atom stereocenters. The molecule has 3 heterocycles. The van der Waals surface area contributed by atoms with Crippen LogP contribution in [-0.2, 0) is 14.3 Å². The van der Waals surface area contributed by atoms with Gasteiger partial charge in [0.25, 0.3) is 0 Å². The number of thiocarbonyl (C=S) groups is 1. The molecule has 34 heavy (non-hydrogen) atoms. The van der Waals surface area contributed by atoms with Crippen LogP contribution in [0.5, 0.6) is 0 Å². The Morgan fingerprint density at radius 3 is 2.59 bits per heavy atom. The van der Waals surface area contributed by atoms with Crippen LogP contribution in [0, 0.1) is 0 Å². The first-order valence-corrected chi connectivity index (χ1v) is 11.4. The van der Waals surface area contributed by atoms with E-state index in [9.17, 15) is 9.59 Å². The van der Waals surface area contributed by atoms with E-state index in [1.807, 2.05) is 53.2 Å². The summed E-state index contributed by atoms with van der Waals surface area (Å²) in [5.41, 5.74) is 2.95. The molecule has 1 aromatic carbocycles. The highest BCUT2D eigenvalue weighted by molar-refractivity contribution is 7.80. The lowest BCUT2D eigenvalue weighted by molar-refractivity contribution is -0.140. The monoisotopic (exact) mass is 478 g/mol. The topological polar surface area (TPSA) is 85.7 Å². The van der Waals surface area contributed by atoms with Crippen LogP contribution in [0.3, 0.4) is 0 Å². The molecule has 9 heteroatoms. The van der Waals surface area contributed by atoms with Gasteiger partial charge in [0.2, 0.25) is 0 Å². The molecule has 1 saturated heterocycles. The number of aromatic nitrogens is 2. The molecular formula is C25H26N4O4S. The predicted octanol–water partition coefficient (Wildman–Crippen LogP) is 3.58. The molecule has 1 fully saturated rings. The van der Waals surface area contributed by atoms with Gasteiger partial charge in [0, 0.05) is 31.1 Å². The van der Waals surface area contributed by atoms with Gasteiger partial charge in [-0.15, -0.1) is 0 Å². The third-order valence-corrected chi connectivity index (χ3v) is 6.21. The van der Waals surface area contributed by atoms with Gasteiger partial charge in [-0.25, -0.2) is 4.79 Å². The van der Waals surface area contributed by atoms with Crippen molar-refractivity contribution < 1.29 is 19.1 Å². The van der Waals surface area contributed by atoms with E-state index in [-0.39, 0.29) is 18.1 Å². The zero-order valence-corrected chi connectivity index (χ0v) is 19.8. The molecule has 3 aromatic rings. The van der Waals surface area contributed by atoms with Crippen molar-refractivity contribution in [1.29, 1.82) is 0 Å². The molecule has 1 aliphatic heterocycles. The highest BCUT2D eigenvalue weighted by Gasteiger charge is 2.41. The zero-order valence-electron chi connectivity index (χ0n) is 19.0. The van der Waals surface area contributed by atoms with Gasteiger partial charge < -0.3 is 24.3 Å². The molecule has 0 radical (unpaired) electrons. The van der Waals surface area contributed by atoms with Crippen LogP contribution in [0.4, 0.5) is 0 Å². The van der Waals surface area contributed by atoms with E-state index >= 15 is 0 Å². The van der Waals surface area contributed by atoms with Crippen LogP contribution in [0.25, 0.3) is 5.69 Å². The smallest absolute Gasteiger partial charge is 0.339 e. The van der Waals surface area contributed by atoms with Gasteiger partial charge in [0.05, 0.1) is 43.2 Å². The lowest BCUT2D eigenvalue weighted by Crippen LogP contribution is -2.31. The molecule has 0 saturated carbocycles. The molecule has 176 valence electrons. The number of methoxy groups -OCH3 is 2. The summed E-state index contributed by atoms with van der Waals surface area (Å²) in [5.74, 6) is -0.669. The Balaban J connectivity index is 1.76. The summed E-state index contributed by atoms with van der Waals surface area (Å²) in [7, 11) is 2.76. The Morgan fingerprint density at radius 1 is 1.06 bits per heavy atom. The van der Waals surface area contributed by atoms with Crippen molar-refractivity contribution in [3.63, 3.8) is 0 Å². The van der Waals surface area contributed by atoms with E-state index in [0.717, 1.165) is 11.4 Å². The average molecular weight is 479 g/mol. The van der Waals surface area contributed by atoms with Gasteiger partial charge in [-0.2, -0.15) is 0 Å². The molecule has 0 amide bonds. The van der Waals surface area contributed by atoms with Crippen LogP contribution < -0.4 is 5.32 Å². The van der Waals surface area contributed by atoms with Crippen LogP contribution in [0.15, 0.2) is 67.0 Å². The van der Waals surface area contributed by atoms with E-state index in [1.165, 1.54) is 14.2 Å². The van der Waals surface area contributed by atoms with Crippen molar-refractivity contribution in [2.75, 3.05) is 20.8 Å². The largest absolute Gasteiger partial charge is 0.469 e. The second kappa shape index (κ2) is 10.5. The number of para-hydroxylation sites is 1. The number of pyridine rings is 1. The molecule has 1 N–H and O–H groups in total. The molecule has 0 unspecified atom stereocenters. The highest BCUT2D eigenvalue weighted by Crippen LogP contribution is 2.40. The molecule has 0 bridgehead atoms. The first-order chi connectivity index (χ1) is 16.5. The fourth-order valence-corrected chi connectivity index (χ4v) is 4.62. The number of nitrogens with zero attached hydrogens (tertiary/aromatic N) is 3. The maximum absolute atomic E-state index is 12.5. The Morgan fingerprint density at radius 2 is 1.85 bits per heavy atom. The minimum Gasteiger partial charge on any atom is -0.469 e. The van der Waals surface area contributed by atoms with Crippen molar-refractivity contribution in [3.05, 3.63) is 83.9 Å². The van der Waals surface area contributed by atoms with Gasteiger partial charge >= 0.3 is 11.9 Å². The number of esters is 2. The van der Waals surface area contributed by atoms with Crippen molar-refractivity contribution >= 4 is 29.3 Å². The van der Waals surface area contributed by atoms with Crippen molar-refractivity contribution in [1.82, 2.24) is 19.8 Å². The second-order valence-electron chi connectivity index (χ2n) is 7.81. The highest BCUT2D eigenvalue weighted by atomic mass is 32.1. The number of hydrogen-bond donors (Lipinski definition) is 1. The molecule has 1 aliphatic rings. The Labute approximate surface area is 203 Å². The fourth-order valence-electron chi connectivity index (χ4n) is 4.28. The minimum atomic E-state index is -0.411. The van der Waals surface area contributed by atoms with Crippen LogP contribution in [0.2, 0.25) is 0 Å². The number of rotatable bonds is 8. The van der Waals surface area contributed by atoms with Gasteiger partial charge in [-0.1, -0.05) is 18.2 Å². The average Bonchev–Trinajstić information content (AvgIpc) is 3.48. The first kappa shape index (κ1) is 23.4. The second-order valence-corrected chi connectivity index (χ2v) is 8.20. The van der Waals surface area contributed by atoms with Crippen LogP contribution >= 0.6 is 12.2 Å². The van der Waals surface area contributed by atoms with E-state index in [4.69, 9.17) is 21.7 Å². The standard InChI is InChI=1S/C25H26N4O4S/c1-32-21(30)13-8-16-29-23(22(27-25(29)34)18-10-5-6-14-26-18)20-12-7-15-28(20)19-11-4-3-9-17(19)24(31)33-2/h3-7,9-12,14-15,22-23H,8,13,16H2,1-2H3,(H,27,34)/t22-,23+/m0/s1. The number of carbonyl (C=O) groups excluding carboxylic acids is 2. The Hall–Kier alpha value is -3.72. The van der Waals surface area contributed by atoms with Crippen molar-refractivity contribution in [2.45, 2.75) is 24.9 Å². The summed E-state index contributed by atoms with van der Waals surface area (Å²) in [4.78, 5) is 30.8. The van der Waals surface area contributed by atoms with E-state index < -0.39 is 5.97 Å². The number of nitrogens with one attached hydrogen (secondary N) is 1. The normalized spacial score (nSPS) is 17.4. The maximum Gasteiger partial charge on any atom is 0.339 e. The third kappa shape index (κ3) is 4.65. The number of ether oxygens (including phenoxy) is 2. The van der Waals surface area contributed by atoms with Crippen molar-refractivity contribution in [3.8, 4) is 5.69 Å². The fraction of sp³-hybridized carbons (Fsp3) is 0.280. The molecule has 2 aromatic heterocycles. The van der Waals surface area contributed by atoms with Gasteiger partial charge in [0.1, 0.15) is 0 Å². The van der Waals surface area contributed by atoms with Gasteiger partial charge in [-0.3, -0.25) is 9.78 Å². The molecule has 0 aliphatic carbocycles. The van der Waals surface area contributed by atoms with Gasteiger partial charge in [-0.05, 0) is 55.0 Å². The summed E-state index contributed by atoms with van der Waals surface area (Å²) in [5, 5.41) is 3.99. The number of benzene rings is 1. The predicted molar refractivity (Wildman–Crippen MR) is 131 cm³/mol. The molecule has 8 nitrogen and oxygen atoms in total. The van der Waals surface area contributed by atoms with E-state index in [0.29, 0.717) is 35.7 Å². The lowest BCUT2D eigenvalue weighted by atomic mass is 10.0. The summed E-state index contributed by atoms with van der Waals surface area (Å²) < 4.78 is 11.8. The zero-order chi connectivity index (χ0) is 24.1. The number of hydrogen-bond acceptors (Lipinski definition) is 6. The maximum atomic E-state index is 12.5. The minimum absolute atomic E-state index is 0.217. The van der Waals surface area contributed by atoms with E-state index in [1.54, 1.807) is 18.3 Å². The SMILES string of the molecule is COC(=O)CCCN1C(=S)N[C@@H](c2ccccn2)[C@H]1c1cccn1-c1ccccc1C(=O)OC. The van der Waals surface area contributed by atoms with Crippen LogP contribution in [0.1, 0.15) is 46.7 Å². The first-order valence-electron chi connectivity index (χ1n) is 10.9.